The van der Waals surface area contributed by atoms with Gasteiger partial charge >= 0.3 is 5.97 Å². The number of benzene rings is 1. The molecular formula is C15H15NO5S2. The van der Waals surface area contributed by atoms with Crippen LogP contribution in [-0.2, 0) is 14.6 Å². The minimum absolute atomic E-state index is 0.0522. The van der Waals surface area contributed by atoms with Gasteiger partial charge in [0.15, 0.2) is 0 Å². The molecule has 1 aromatic heterocycles. The quantitative estimate of drug-likeness (QED) is 0.882. The average Bonchev–Trinajstić information content (AvgIpc) is 2.90. The van der Waals surface area contributed by atoms with Crippen molar-refractivity contribution in [2.75, 3.05) is 16.8 Å². The molecule has 6 nitrogen and oxygen atoms in total. The molecule has 122 valence electrons. The Morgan fingerprint density at radius 3 is 2.52 bits per heavy atom. The molecular weight excluding hydrogens is 338 g/mol. The molecule has 1 aliphatic heterocycles. The minimum atomic E-state index is -2.99. The van der Waals surface area contributed by atoms with Gasteiger partial charge in [-0.25, -0.2) is 13.2 Å². The van der Waals surface area contributed by atoms with E-state index in [0.29, 0.717) is 18.5 Å². The highest BCUT2D eigenvalue weighted by Gasteiger charge is 2.28. The summed E-state index contributed by atoms with van der Waals surface area (Å²) < 4.78 is 23.6. The summed E-state index contributed by atoms with van der Waals surface area (Å²) in [6, 6.07) is 6.80. The molecule has 0 radical (unpaired) electrons. The smallest absolute Gasteiger partial charge is 0.345 e. The molecule has 0 spiro atoms. The Hall–Kier alpha value is -1.93. The van der Waals surface area contributed by atoms with Crippen molar-refractivity contribution in [2.45, 2.75) is 12.8 Å². The Morgan fingerprint density at radius 1 is 1.17 bits per heavy atom. The first-order valence-electron chi connectivity index (χ1n) is 7.12. The molecule has 2 aromatic rings. The van der Waals surface area contributed by atoms with Crippen LogP contribution < -0.4 is 5.32 Å². The van der Waals surface area contributed by atoms with Crippen LogP contribution in [-0.4, -0.2) is 36.9 Å². The highest BCUT2D eigenvalue weighted by atomic mass is 32.2. The maximum atomic E-state index is 12.2. The van der Waals surface area contributed by atoms with Crippen LogP contribution in [0.4, 0.5) is 5.69 Å². The van der Waals surface area contributed by atoms with Crippen molar-refractivity contribution in [3.63, 3.8) is 0 Å². The second-order valence-electron chi connectivity index (χ2n) is 5.58. The number of aromatic carboxylic acids is 1. The van der Waals surface area contributed by atoms with E-state index >= 15 is 0 Å². The third-order valence-corrected chi connectivity index (χ3v) is 6.74. The van der Waals surface area contributed by atoms with Crippen molar-refractivity contribution in [1.29, 1.82) is 0 Å². The van der Waals surface area contributed by atoms with Crippen LogP contribution in [0.2, 0.25) is 0 Å². The molecule has 0 atom stereocenters. The van der Waals surface area contributed by atoms with Crippen molar-refractivity contribution in [1.82, 2.24) is 0 Å². The molecule has 0 saturated carbocycles. The number of amides is 1. The zero-order valence-electron chi connectivity index (χ0n) is 12.1. The standard InChI is InChI=1S/C15H15NO5S2/c17-14(9-3-5-23(20,21)6-4-9)16-11-1-2-12-10(7-11)8-13(22-12)15(18)19/h1-2,7-9H,3-6H2,(H,16,17)(H,18,19). The Bertz CT molecular complexity index is 870. The first-order valence-corrected chi connectivity index (χ1v) is 9.76. The number of hydrogen-bond acceptors (Lipinski definition) is 5. The van der Waals surface area contributed by atoms with Gasteiger partial charge in [-0.1, -0.05) is 0 Å². The molecule has 1 saturated heterocycles. The average molecular weight is 353 g/mol. The third kappa shape index (κ3) is 3.53. The van der Waals surface area contributed by atoms with Gasteiger partial charge in [-0.15, -0.1) is 11.3 Å². The number of anilines is 1. The van der Waals surface area contributed by atoms with Crippen LogP contribution in [0.1, 0.15) is 22.5 Å². The van der Waals surface area contributed by atoms with Gasteiger partial charge in [-0.3, -0.25) is 4.79 Å². The van der Waals surface area contributed by atoms with Gasteiger partial charge in [0.2, 0.25) is 5.91 Å². The number of nitrogens with one attached hydrogen (secondary N) is 1. The van der Waals surface area contributed by atoms with Gasteiger partial charge in [0.05, 0.1) is 11.5 Å². The lowest BCUT2D eigenvalue weighted by molar-refractivity contribution is -0.120. The summed E-state index contributed by atoms with van der Waals surface area (Å²) >= 11 is 1.18. The van der Waals surface area contributed by atoms with E-state index < -0.39 is 15.8 Å². The number of carbonyl (C=O) groups is 2. The maximum Gasteiger partial charge on any atom is 0.345 e. The number of carbonyl (C=O) groups excluding carboxylic acids is 1. The molecule has 1 aliphatic rings. The molecule has 23 heavy (non-hydrogen) atoms. The Kier molecular flexibility index (Phi) is 4.11. The zero-order valence-corrected chi connectivity index (χ0v) is 13.7. The Balaban J connectivity index is 1.73. The lowest BCUT2D eigenvalue weighted by atomic mass is 10.0. The van der Waals surface area contributed by atoms with E-state index in [9.17, 15) is 18.0 Å². The summed E-state index contributed by atoms with van der Waals surface area (Å²) in [6.45, 7) is 0. The van der Waals surface area contributed by atoms with Crippen LogP contribution in [0.5, 0.6) is 0 Å². The third-order valence-electron chi connectivity index (χ3n) is 3.92. The second kappa shape index (κ2) is 5.93. The second-order valence-corrected chi connectivity index (χ2v) is 8.97. The van der Waals surface area contributed by atoms with E-state index in [1.165, 1.54) is 11.3 Å². The molecule has 1 amide bonds. The molecule has 2 N–H and O–H groups in total. The van der Waals surface area contributed by atoms with E-state index in [4.69, 9.17) is 5.11 Å². The molecule has 1 aromatic carbocycles. The van der Waals surface area contributed by atoms with Gasteiger partial charge in [0.1, 0.15) is 14.7 Å². The highest BCUT2D eigenvalue weighted by Crippen LogP contribution is 2.29. The number of sulfone groups is 1. The Morgan fingerprint density at radius 2 is 1.87 bits per heavy atom. The molecule has 3 rings (SSSR count). The number of carboxylic acid groups (broad SMARTS) is 1. The predicted octanol–water partition coefficient (Wildman–Crippen LogP) is 2.36. The van der Waals surface area contributed by atoms with Gasteiger partial charge in [-0.05, 0) is 42.5 Å². The molecule has 8 heteroatoms. The fraction of sp³-hybridized carbons (Fsp3) is 0.333. The van der Waals surface area contributed by atoms with E-state index in [0.717, 1.165) is 10.1 Å². The summed E-state index contributed by atoms with van der Waals surface area (Å²) in [5.74, 6) is -1.35. The van der Waals surface area contributed by atoms with E-state index in [-0.39, 0.29) is 28.2 Å². The van der Waals surface area contributed by atoms with E-state index in [1.807, 2.05) is 0 Å². The SMILES string of the molecule is O=C(O)c1cc2cc(NC(=O)C3CCS(=O)(=O)CC3)ccc2s1. The van der Waals surface area contributed by atoms with Gasteiger partial charge in [0, 0.05) is 16.3 Å². The lowest BCUT2D eigenvalue weighted by Crippen LogP contribution is -2.31. The van der Waals surface area contributed by atoms with E-state index in [2.05, 4.69) is 5.32 Å². The van der Waals surface area contributed by atoms with Crippen molar-refractivity contribution >= 4 is 48.8 Å². The van der Waals surface area contributed by atoms with Crippen LogP contribution >= 0.6 is 11.3 Å². The number of carboxylic acids is 1. The minimum Gasteiger partial charge on any atom is -0.477 e. The fourth-order valence-electron chi connectivity index (χ4n) is 2.62. The van der Waals surface area contributed by atoms with Crippen LogP contribution in [0.15, 0.2) is 24.3 Å². The van der Waals surface area contributed by atoms with Crippen molar-refractivity contribution < 1.29 is 23.1 Å². The summed E-state index contributed by atoms with van der Waals surface area (Å²) in [6.07, 6.45) is 0.691. The zero-order chi connectivity index (χ0) is 16.6. The summed E-state index contributed by atoms with van der Waals surface area (Å²) in [7, 11) is -2.99. The Labute approximate surface area is 137 Å². The first-order chi connectivity index (χ1) is 10.8. The van der Waals surface area contributed by atoms with Crippen LogP contribution in [0.3, 0.4) is 0 Å². The van der Waals surface area contributed by atoms with Crippen molar-refractivity contribution in [3.05, 3.63) is 29.1 Å². The normalized spacial score (nSPS) is 17.9. The molecule has 0 unspecified atom stereocenters. The number of rotatable bonds is 3. The largest absolute Gasteiger partial charge is 0.477 e. The first kappa shape index (κ1) is 15.9. The summed E-state index contributed by atoms with van der Waals surface area (Å²) in [5, 5.41) is 12.6. The topological polar surface area (TPSA) is 101 Å². The van der Waals surface area contributed by atoms with Gasteiger partial charge < -0.3 is 10.4 Å². The van der Waals surface area contributed by atoms with Crippen molar-refractivity contribution in [2.24, 2.45) is 5.92 Å². The highest BCUT2D eigenvalue weighted by molar-refractivity contribution is 7.91. The fourth-order valence-corrected chi connectivity index (χ4v) is 5.00. The van der Waals surface area contributed by atoms with Gasteiger partial charge in [-0.2, -0.15) is 0 Å². The van der Waals surface area contributed by atoms with Crippen molar-refractivity contribution in [3.8, 4) is 0 Å². The lowest BCUT2D eigenvalue weighted by Gasteiger charge is -2.21. The van der Waals surface area contributed by atoms with Gasteiger partial charge in [0.25, 0.3) is 0 Å². The molecule has 0 aliphatic carbocycles. The summed E-state index contributed by atoms with van der Waals surface area (Å²) in [5.41, 5.74) is 0.589. The molecule has 1 fully saturated rings. The number of thiophene rings is 1. The monoisotopic (exact) mass is 353 g/mol. The molecule has 2 heterocycles. The summed E-state index contributed by atoms with van der Waals surface area (Å²) in [4.78, 5) is 23.5. The van der Waals surface area contributed by atoms with Crippen LogP contribution in [0, 0.1) is 5.92 Å². The van der Waals surface area contributed by atoms with E-state index in [1.54, 1.807) is 24.3 Å². The van der Waals surface area contributed by atoms with Crippen LogP contribution in [0.25, 0.3) is 10.1 Å². The molecule has 0 bridgehead atoms. The number of hydrogen-bond donors (Lipinski definition) is 2. The predicted molar refractivity (Wildman–Crippen MR) is 88.8 cm³/mol. The number of fused-ring (bicyclic) bond motifs is 1. The maximum absolute atomic E-state index is 12.2.